The quantitative estimate of drug-likeness (QED) is 0.743. The molecule has 5 rings (SSSR count). The summed E-state index contributed by atoms with van der Waals surface area (Å²) in [4.78, 5) is 24.0. The largest absolute Gasteiger partial charge is 0.497 e. The normalized spacial score (nSPS) is 25.2. The Morgan fingerprint density at radius 3 is 2.48 bits per heavy atom. The smallest absolute Gasteiger partial charge is 0.408 e. The number of hydrogen-bond acceptors (Lipinski definition) is 4. The first-order chi connectivity index (χ1) is 13.9. The minimum absolute atomic E-state index is 0.0685. The molecule has 0 heterocycles. The van der Waals surface area contributed by atoms with E-state index in [4.69, 9.17) is 9.47 Å². The number of amides is 1. The Kier molecular flexibility index (Phi) is 4.68. The number of hydrogen-bond donors (Lipinski definition) is 2. The summed E-state index contributed by atoms with van der Waals surface area (Å²) in [5.74, 6) is -1.03. The van der Waals surface area contributed by atoms with Gasteiger partial charge in [-0.25, -0.2) is 14.0 Å². The lowest BCUT2D eigenvalue weighted by Crippen LogP contribution is -2.73. The van der Waals surface area contributed by atoms with E-state index in [0.29, 0.717) is 25.0 Å². The van der Waals surface area contributed by atoms with Crippen LogP contribution in [0.2, 0.25) is 0 Å². The van der Waals surface area contributed by atoms with Crippen molar-refractivity contribution in [2.75, 3.05) is 7.11 Å². The van der Waals surface area contributed by atoms with Crippen LogP contribution in [0.1, 0.15) is 30.4 Å². The molecule has 1 amide bonds. The Bertz CT molecular complexity index is 926. The molecule has 29 heavy (non-hydrogen) atoms. The molecule has 0 saturated heterocycles. The number of halogens is 1. The zero-order valence-electron chi connectivity index (χ0n) is 16.0. The lowest BCUT2D eigenvalue weighted by molar-refractivity contribution is -0.183. The molecule has 0 spiro atoms. The Labute approximate surface area is 167 Å². The summed E-state index contributed by atoms with van der Waals surface area (Å²) >= 11 is 0. The van der Waals surface area contributed by atoms with E-state index in [1.165, 1.54) is 19.2 Å². The van der Waals surface area contributed by atoms with Crippen LogP contribution in [0.4, 0.5) is 9.18 Å². The Hall–Kier alpha value is -3.09. The topological polar surface area (TPSA) is 84.9 Å². The fourth-order valence-corrected chi connectivity index (χ4v) is 4.82. The number of nitrogens with one attached hydrogen (secondary N) is 1. The van der Waals surface area contributed by atoms with Crippen LogP contribution in [0, 0.1) is 11.2 Å². The SMILES string of the molecule is COc1cc(F)cc(C23CC(C(NC(=O)OCc4ccccc4)C(=O)O)(C2)C3)c1. The molecular weight excluding hydrogens is 377 g/mol. The molecule has 3 fully saturated rings. The third-order valence-electron chi connectivity index (χ3n) is 6.12. The number of carbonyl (C=O) groups is 2. The van der Waals surface area contributed by atoms with Crippen molar-refractivity contribution < 1.29 is 28.6 Å². The van der Waals surface area contributed by atoms with Gasteiger partial charge in [-0.1, -0.05) is 30.3 Å². The van der Waals surface area contributed by atoms with Crippen molar-refractivity contribution in [2.24, 2.45) is 5.41 Å². The first kappa shape index (κ1) is 19.2. The van der Waals surface area contributed by atoms with Gasteiger partial charge in [0, 0.05) is 11.5 Å². The third-order valence-corrected chi connectivity index (χ3v) is 6.12. The van der Waals surface area contributed by atoms with Crippen LogP contribution in [0.25, 0.3) is 0 Å². The van der Waals surface area contributed by atoms with Crippen LogP contribution in [-0.4, -0.2) is 30.3 Å². The summed E-state index contributed by atoms with van der Waals surface area (Å²) < 4.78 is 24.2. The lowest BCUT2D eigenvalue weighted by Gasteiger charge is -2.72. The minimum atomic E-state index is -1.09. The predicted octanol–water partition coefficient (Wildman–Crippen LogP) is 3.64. The van der Waals surface area contributed by atoms with E-state index in [1.54, 1.807) is 6.07 Å². The fraction of sp³-hybridized carbons (Fsp3) is 0.364. The van der Waals surface area contributed by atoms with E-state index in [-0.39, 0.29) is 17.8 Å². The van der Waals surface area contributed by atoms with Crippen LogP contribution in [0.3, 0.4) is 0 Å². The molecule has 3 aliphatic rings. The second-order valence-electron chi connectivity index (χ2n) is 8.03. The highest BCUT2D eigenvalue weighted by molar-refractivity contribution is 5.82. The summed E-state index contributed by atoms with van der Waals surface area (Å²) in [6.45, 7) is 0.0685. The number of ether oxygens (including phenoxy) is 2. The average molecular weight is 399 g/mol. The van der Waals surface area contributed by atoms with Crippen molar-refractivity contribution in [2.45, 2.75) is 37.3 Å². The number of carboxylic acids is 1. The molecule has 0 aliphatic heterocycles. The number of aliphatic carboxylic acids is 1. The summed E-state index contributed by atoms with van der Waals surface area (Å²) in [6, 6.07) is 12.7. The zero-order valence-corrected chi connectivity index (χ0v) is 16.0. The summed E-state index contributed by atoms with van der Waals surface area (Å²) in [6.07, 6.45) is 0.959. The van der Waals surface area contributed by atoms with Crippen molar-refractivity contribution >= 4 is 12.1 Å². The molecule has 1 atom stereocenters. The molecule has 6 nitrogen and oxygen atoms in total. The van der Waals surface area contributed by atoms with Gasteiger partial charge in [0.2, 0.25) is 0 Å². The first-order valence-corrected chi connectivity index (χ1v) is 9.41. The third kappa shape index (κ3) is 3.41. The fourth-order valence-electron chi connectivity index (χ4n) is 4.82. The van der Waals surface area contributed by atoms with Crippen LogP contribution in [0.5, 0.6) is 5.75 Å². The molecule has 152 valence electrons. The maximum Gasteiger partial charge on any atom is 0.408 e. The first-order valence-electron chi connectivity index (χ1n) is 9.41. The van der Waals surface area contributed by atoms with Crippen LogP contribution in [0.15, 0.2) is 48.5 Å². The molecule has 7 heteroatoms. The molecule has 2 aromatic carbocycles. The van der Waals surface area contributed by atoms with Gasteiger partial charge in [0.15, 0.2) is 0 Å². The molecule has 2 aromatic rings. The summed E-state index contributed by atoms with van der Waals surface area (Å²) in [7, 11) is 1.48. The zero-order chi connectivity index (χ0) is 20.6. The Balaban J connectivity index is 1.39. The van der Waals surface area contributed by atoms with Gasteiger partial charge in [-0.2, -0.15) is 0 Å². The number of methoxy groups -OCH3 is 1. The van der Waals surface area contributed by atoms with Gasteiger partial charge in [0.1, 0.15) is 24.2 Å². The van der Waals surface area contributed by atoms with E-state index in [0.717, 1.165) is 11.1 Å². The molecule has 0 radical (unpaired) electrons. The number of carbonyl (C=O) groups excluding carboxylic acids is 1. The molecule has 2 bridgehead atoms. The molecule has 2 N–H and O–H groups in total. The maximum absolute atomic E-state index is 13.9. The van der Waals surface area contributed by atoms with Crippen molar-refractivity contribution in [3.63, 3.8) is 0 Å². The van der Waals surface area contributed by atoms with Crippen molar-refractivity contribution in [3.8, 4) is 5.75 Å². The maximum atomic E-state index is 13.9. The summed E-state index contributed by atoms with van der Waals surface area (Å²) in [5.41, 5.74) is 0.849. The van der Waals surface area contributed by atoms with E-state index < -0.39 is 23.5 Å². The number of benzene rings is 2. The number of rotatable bonds is 7. The highest BCUT2D eigenvalue weighted by atomic mass is 19.1. The summed E-state index contributed by atoms with van der Waals surface area (Å²) in [5, 5.41) is 12.2. The van der Waals surface area contributed by atoms with Gasteiger partial charge in [0.25, 0.3) is 0 Å². The predicted molar refractivity (Wildman–Crippen MR) is 102 cm³/mol. The molecule has 3 aliphatic carbocycles. The number of alkyl carbamates (subject to hydrolysis) is 1. The van der Waals surface area contributed by atoms with Gasteiger partial charge >= 0.3 is 12.1 Å². The lowest BCUT2D eigenvalue weighted by atomic mass is 9.31. The van der Waals surface area contributed by atoms with Crippen molar-refractivity contribution in [3.05, 3.63) is 65.5 Å². The van der Waals surface area contributed by atoms with Gasteiger partial charge in [-0.3, -0.25) is 0 Å². The standard InChI is InChI=1S/C22H22FNO5/c1-28-17-8-15(7-16(23)9-17)21-11-22(12-21,13-21)18(19(25)26)24-20(27)29-10-14-5-3-2-4-6-14/h2-9,18H,10-13H2,1H3,(H,24,27)(H,25,26). The Morgan fingerprint density at radius 1 is 1.17 bits per heavy atom. The van der Waals surface area contributed by atoms with Crippen molar-refractivity contribution in [1.82, 2.24) is 5.32 Å². The highest BCUT2D eigenvalue weighted by Crippen LogP contribution is 2.75. The highest BCUT2D eigenvalue weighted by Gasteiger charge is 2.72. The van der Waals surface area contributed by atoms with Gasteiger partial charge < -0.3 is 19.9 Å². The van der Waals surface area contributed by atoms with Gasteiger partial charge in [-0.05, 0) is 47.9 Å². The van der Waals surface area contributed by atoms with E-state index in [2.05, 4.69) is 5.32 Å². The van der Waals surface area contributed by atoms with Crippen LogP contribution < -0.4 is 10.1 Å². The Morgan fingerprint density at radius 2 is 1.86 bits per heavy atom. The van der Waals surface area contributed by atoms with E-state index in [9.17, 15) is 19.1 Å². The van der Waals surface area contributed by atoms with E-state index in [1.807, 2.05) is 30.3 Å². The number of carboxylic acid groups (broad SMARTS) is 1. The molecular formula is C22H22FNO5. The molecule has 0 aromatic heterocycles. The van der Waals surface area contributed by atoms with Crippen LogP contribution >= 0.6 is 0 Å². The van der Waals surface area contributed by atoms with Crippen LogP contribution in [-0.2, 0) is 21.6 Å². The second kappa shape index (κ2) is 7.06. The monoisotopic (exact) mass is 399 g/mol. The average Bonchev–Trinajstić information content (AvgIpc) is 2.63. The molecule has 3 saturated carbocycles. The van der Waals surface area contributed by atoms with Gasteiger partial charge in [0.05, 0.1) is 7.11 Å². The minimum Gasteiger partial charge on any atom is -0.497 e. The second-order valence-corrected chi connectivity index (χ2v) is 8.03. The van der Waals surface area contributed by atoms with Crippen molar-refractivity contribution in [1.29, 1.82) is 0 Å². The molecule has 1 unspecified atom stereocenters. The van der Waals surface area contributed by atoms with Gasteiger partial charge in [-0.15, -0.1) is 0 Å². The van der Waals surface area contributed by atoms with E-state index >= 15 is 0 Å².